The summed E-state index contributed by atoms with van der Waals surface area (Å²) in [6, 6.07) is 4.24. The second-order valence-corrected chi connectivity index (χ2v) is 5.61. The molecule has 1 saturated carbocycles. The van der Waals surface area contributed by atoms with Crippen LogP contribution in [0.25, 0.3) is 0 Å². The molecule has 19 heavy (non-hydrogen) atoms. The van der Waals surface area contributed by atoms with Crippen LogP contribution in [0.4, 0.5) is 0 Å². The van der Waals surface area contributed by atoms with Crippen molar-refractivity contribution in [2.24, 2.45) is 5.73 Å². The van der Waals surface area contributed by atoms with Crippen LogP contribution in [0.5, 0.6) is 0 Å². The molecule has 0 saturated heterocycles. The number of carbonyl (C=O) groups is 1. The van der Waals surface area contributed by atoms with Crippen molar-refractivity contribution in [3.63, 3.8) is 0 Å². The number of nitrogens with zero attached hydrogens (tertiary/aromatic N) is 1. The average Bonchev–Trinajstić information content (AvgIpc) is 2.66. The third-order valence-electron chi connectivity index (χ3n) is 3.87. The number of carbonyl (C=O) groups excluding carboxylic acids is 1. The zero-order chi connectivity index (χ0) is 13.7. The van der Waals surface area contributed by atoms with E-state index in [-0.39, 0.29) is 11.9 Å². The van der Waals surface area contributed by atoms with Gasteiger partial charge in [-0.05, 0) is 31.9 Å². The van der Waals surface area contributed by atoms with E-state index >= 15 is 0 Å². The number of nitrogens with one attached hydrogen (secondary N) is 1. The lowest BCUT2D eigenvalue weighted by molar-refractivity contribution is -0.122. The molecule has 1 fully saturated rings. The number of rotatable bonds is 4. The SMILES string of the molecule is CC(N)c1cccn1CC(=O)NC1CCCCCC1. The Balaban J connectivity index is 1.88. The highest BCUT2D eigenvalue weighted by Crippen LogP contribution is 2.17. The van der Waals surface area contributed by atoms with Crippen molar-refractivity contribution in [3.05, 3.63) is 24.0 Å². The molecule has 1 aromatic heterocycles. The molecule has 0 aliphatic heterocycles. The number of hydrogen-bond donors (Lipinski definition) is 2. The topological polar surface area (TPSA) is 60.0 Å². The Hall–Kier alpha value is -1.29. The summed E-state index contributed by atoms with van der Waals surface area (Å²) in [5, 5.41) is 3.16. The van der Waals surface area contributed by atoms with Gasteiger partial charge in [0.2, 0.25) is 5.91 Å². The average molecular weight is 263 g/mol. The Morgan fingerprint density at radius 2 is 2.11 bits per heavy atom. The third kappa shape index (κ3) is 4.10. The van der Waals surface area contributed by atoms with Crippen LogP contribution in [0.2, 0.25) is 0 Å². The van der Waals surface area contributed by atoms with Gasteiger partial charge in [0.05, 0.1) is 0 Å². The maximum Gasteiger partial charge on any atom is 0.240 e. The van der Waals surface area contributed by atoms with E-state index in [1.165, 1.54) is 25.7 Å². The van der Waals surface area contributed by atoms with Crippen LogP contribution in [0.1, 0.15) is 57.2 Å². The molecular weight excluding hydrogens is 238 g/mol. The number of hydrogen-bond acceptors (Lipinski definition) is 2. The van der Waals surface area contributed by atoms with Crippen molar-refractivity contribution in [1.82, 2.24) is 9.88 Å². The molecule has 1 heterocycles. The van der Waals surface area contributed by atoms with Crippen molar-refractivity contribution < 1.29 is 4.79 Å². The molecule has 0 radical (unpaired) electrons. The summed E-state index contributed by atoms with van der Waals surface area (Å²) < 4.78 is 1.94. The summed E-state index contributed by atoms with van der Waals surface area (Å²) in [7, 11) is 0. The van der Waals surface area contributed by atoms with E-state index in [4.69, 9.17) is 5.73 Å². The number of amides is 1. The van der Waals surface area contributed by atoms with Gasteiger partial charge >= 0.3 is 0 Å². The molecule has 0 aromatic carbocycles. The van der Waals surface area contributed by atoms with Crippen LogP contribution in [0.15, 0.2) is 18.3 Å². The van der Waals surface area contributed by atoms with Crippen LogP contribution in [-0.4, -0.2) is 16.5 Å². The number of aromatic nitrogens is 1. The highest BCUT2D eigenvalue weighted by Gasteiger charge is 2.15. The lowest BCUT2D eigenvalue weighted by atomic mass is 10.1. The van der Waals surface area contributed by atoms with Crippen LogP contribution in [-0.2, 0) is 11.3 Å². The van der Waals surface area contributed by atoms with E-state index in [0.29, 0.717) is 12.6 Å². The first kappa shape index (κ1) is 14.1. The van der Waals surface area contributed by atoms with Gasteiger partial charge in [-0.25, -0.2) is 0 Å². The molecule has 106 valence electrons. The summed E-state index contributed by atoms with van der Waals surface area (Å²) in [5.74, 6) is 0.102. The fourth-order valence-electron chi connectivity index (χ4n) is 2.84. The highest BCUT2D eigenvalue weighted by atomic mass is 16.2. The minimum absolute atomic E-state index is 0.0410. The third-order valence-corrected chi connectivity index (χ3v) is 3.87. The van der Waals surface area contributed by atoms with Crippen molar-refractivity contribution >= 4 is 5.91 Å². The Kier molecular flexibility index (Phi) is 5.02. The second kappa shape index (κ2) is 6.75. The van der Waals surface area contributed by atoms with Crippen LogP contribution in [0.3, 0.4) is 0 Å². The first-order valence-corrected chi connectivity index (χ1v) is 7.37. The molecule has 1 atom stereocenters. The molecule has 0 spiro atoms. The van der Waals surface area contributed by atoms with Crippen molar-refractivity contribution in [1.29, 1.82) is 0 Å². The van der Waals surface area contributed by atoms with Crippen molar-refractivity contribution in [3.8, 4) is 0 Å². The lowest BCUT2D eigenvalue weighted by Gasteiger charge is -2.18. The van der Waals surface area contributed by atoms with Gasteiger partial charge in [-0.1, -0.05) is 25.7 Å². The first-order chi connectivity index (χ1) is 9.16. The summed E-state index contributed by atoms with van der Waals surface area (Å²) in [6.07, 6.45) is 9.25. The molecule has 1 aliphatic carbocycles. The first-order valence-electron chi connectivity index (χ1n) is 7.37. The summed E-state index contributed by atoms with van der Waals surface area (Å²) in [4.78, 5) is 12.1. The van der Waals surface area contributed by atoms with E-state index in [2.05, 4.69) is 5.32 Å². The van der Waals surface area contributed by atoms with E-state index in [9.17, 15) is 4.79 Å². The van der Waals surface area contributed by atoms with E-state index in [1.807, 2.05) is 29.8 Å². The zero-order valence-corrected chi connectivity index (χ0v) is 11.8. The maximum absolute atomic E-state index is 12.1. The van der Waals surface area contributed by atoms with Gasteiger partial charge in [-0.15, -0.1) is 0 Å². The minimum Gasteiger partial charge on any atom is -0.352 e. The molecule has 3 N–H and O–H groups in total. The predicted molar refractivity (Wildman–Crippen MR) is 76.7 cm³/mol. The van der Waals surface area contributed by atoms with Gasteiger partial charge < -0.3 is 15.6 Å². The van der Waals surface area contributed by atoms with Crippen LogP contribution < -0.4 is 11.1 Å². The minimum atomic E-state index is -0.0410. The summed E-state index contributed by atoms with van der Waals surface area (Å²) >= 11 is 0. The molecule has 2 rings (SSSR count). The second-order valence-electron chi connectivity index (χ2n) is 5.61. The normalized spacial score (nSPS) is 18.8. The zero-order valence-electron chi connectivity index (χ0n) is 11.8. The molecule has 1 aromatic rings. The molecule has 0 bridgehead atoms. The Bertz CT molecular complexity index is 403. The van der Waals surface area contributed by atoms with Crippen LogP contribution >= 0.6 is 0 Å². The number of nitrogens with two attached hydrogens (primary N) is 1. The molecule has 1 aliphatic rings. The van der Waals surface area contributed by atoms with Gasteiger partial charge in [-0.3, -0.25) is 4.79 Å². The Labute approximate surface area is 115 Å². The Morgan fingerprint density at radius 1 is 1.42 bits per heavy atom. The van der Waals surface area contributed by atoms with Crippen molar-refractivity contribution in [2.45, 2.75) is 64.1 Å². The smallest absolute Gasteiger partial charge is 0.240 e. The van der Waals surface area contributed by atoms with Gasteiger partial charge in [0.25, 0.3) is 0 Å². The quantitative estimate of drug-likeness (QED) is 0.819. The van der Waals surface area contributed by atoms with E-state index in [1.54, 1.807) is 0 Å². The van der Waals surface area contributed by atoms with Gasteiger partial charge in [0, 0.05) is 24.0 Å². The van der Waals surface area contributed by atoms with Crippen molar-refractivity contribution in [2.75, 3.05) is 0 Å². The van der Waals surface area contributed by atoms with Gasteiger partial charge in [-0.2, -0.15) is 0 Å². The molecule has 1 amide bonds. The molecule has 1 unspecified atom stereocenters. The fraction of sp³-hybridized carbons (Fsp3) is 0.667. The van der Waals surface area contributed by atoms with Gasteiger partial charge in [0.1, 0.15) is 6.54 Å². The summed E-state index contributed by atoms with van der Waals surface area (Å²) in [5.41, 5.74) is 6.90. The van der Waals surface area contributed by atoms with E-state index in [0.717, 1.165) is 18.5 Å². The van der Waals surface area contributed by atoms with Gasteiger partial charge in [0.15, 0.2) is 0 Å². The van der Waals surface area contributed by atoms with E-state index < -0.39 is 0 Å². The monoisotopic (exact) mass is 263 g/mol. The lowest BCUT2D eigenvalue weighted by Crippen LogP contribution is -2.37. The predicted octanol–water partition coefficient (Wildman–Crippen LogP) is 2.35. The van der Waals surface area contributed by atoms with Crippen LogP contribution in [0, 0.1) is 0 Å². The molecule has 4 nitrogen and oxygen atoms in total. The maximum atomic E-state index is 12.1. The fourth-order valence-corrected chi connectivity index (χ4v) is 2.84. The Morgan fingerprint density at radius 3 is 2.74 bits per heavy atom. The molecule has 4 heteroatoms. The molecular formula is C15H25N3O. The summed E-state index contributed by atoms with van der Waals surface area (Å²) in [6.45, 7) is 2.31. The largest absolute Gasteiger partial charge is 0.352 e. The highest BCUT2D eigenvalue weighted by molar-refractivity contribution is 5.76. The standard InChI is InChI=1S/C15H25N3O/c1-12(16)14-9-6-10-18(14)11-15(19)17-13-7-4-2-3-5-8-13/h6,9-10,12-13H,2-5,7-8,11,16H2,1H3,(H,17,19).